The van der Waals surface area contributed by atoms with Crippen LogP contribution in [-0.2, 0) is 10.9 Å². The van der Waals surface area contributed by atoms with E-state index >= 15 is 0 Å². The number of nitrogens with one attached hydrogen (secondary N) is 1. The summed E-state index contributed by atoms with van der Waals surface area (Å²) in [6.45, 7) is 2.69. The van der Waals surface area contributed by atoms with E-state index in [4.69, 9.17) is 4.74 Å². The first-order chi connectivity index (χ1) is 12.7. The molecule has 0 radical (unpaired) electrons. The van der Waals surface area contributed by atoms with Crippen molar-refractivity contribution in [1.29, 1.82) is 0 Å². The van der Waals surface area contributed by atoms with Crippen LogP contribution in [0.2, 0.25) is 0 Å². The summed E-state index contributed by atoms with van der Waals surface area (Å²) in [4.78, 5) is 31.2. The Hall–Kier alpha value is -3.16. The third-order valence-corrected chi connectivity index (χ3v) is 4.10. The predicted octanol–water partition coefficient (Wildman–Crippen LogP) is 4.32. The number of carbonyl (C=O) groups is 2. The lowest BCUT2D eigenvalue weighted by molar-refractivity contribution is -0.141. The van der Waals surface area contributed by atoms with Gasteiger partial charge in [-0.25, -0.2) is 9.78 Å². The van der Waals surface area contributed by atoms with Crippen molar-refractivity contribution in [2.45, 2.75) is 26.1 Å². The van der Waals surface area contributed by atoms with Crippen molar-refractivity contribution in [2.75, 3.05) is 0 Å². The normalized spacial score (nSPS) is 12.8. The number of ketones is 1. The van der Waals surface area contributed by atoms with E-state index < -0.39 is 29.7 Å². The van der Waals surface area contributed by atoms with Crippen molar-refractivity contribution in [2.24, 2.45) is 0 Å². The van der Waals surface area contributed by atoms with E-state index in [-0.39, 0.29) is 11.3 Å². The minimum atomic E-state index is -4.61. The second-order valence-corrected chi connectivity index (χ2v) is 5.99. The third kappa shape index (κ3) is 3.69. The number of fused-ring (bicyclic) bond motifs is 1. The van der Waals surface area contributed by atoms with E-state index in [0.29, 0.717) is 17.0 Å². The number of ether oxygens (including phenoxy) is 1. The predicted molar refractivity (Wildman–Crippen MR) is 91.5 cm³/mol. The summed E-state index contributed by atoms with van der Waals surface area (Å²) >= 11 is 0. The Morgan fingerprint density at radius 3 is 2.48 bits per heavy atom. The summed E-state index contributed by atoms with van der Waals surface area (Å²) in [7, 11) is 0. The van der Waals surface area contributed by atoms with Crippen LogP contribution in [0.1, 0.15) is 39.0 Å². The van der Waals surface area contributed by atoms with Gasteiger partial charge in [0.15, 0.2) is 6.10 Å². The van der Waals surface area contributed by atoms with Crippen LogP contribution in [0, 0.1) is 6.92 Å². The largest absolute Gasteiger partial charge is 0.451 e. The fourth-order valence-electron chi connectivity index (χ4n) is 2.71. The number of H-pyrrole nitrogens is 1. The number of carbonyl (C=O) groups excluding carboxylic acids is 2. The number of aromatic amines is 1. The van der Waals surface area contributed by atoms with Gasteiger partial charge in [-0.3, -0.25) is 4.79 Å². The first-order valence-electron chi connectivity index (χ1n) is 8.04. The van der Waals surface area contributed by atoms with Crippen LogP contribution in [0.5, 0.6) is 0 Å². The number of alkyl halides is 3. The van der Waals surface area contributed by atoms with Crippen molar-refractivity contribution in [1.82, 2.24) is 9.97 Å². The Labute approximate surface area is 152 Å². The number of Topliss-reactive ketones (excluding diaryl/α,β-unsaturated/α-hetero) is 1. The molecule has 0 saturated heterocycles. The molecule has 0 aliphatic rings. The second-order valence-electron chi connectivity index (χ2n) is 5.99. The maximum absolute atomic E-state index is 12.7. The van der Waals surface area contributed by atoms with Gasteiger partial charge in [-0.1, -0.05) is 18.2 Å². The minimum Gasteiger partial charge on any atom is -0.451 e. The second kappa shape index (κ2) is 6.86. The highest BCUT2D eigenvalue weighted by molar-refractivity contribution is 6.10. The maximum atomic E-state index is 12.7. The molecule has 0 saturated carbocycles. The van der Waals surface area contributed by atoms with Crippen LogP contribution in [0.25, 0.3) is 10.9 Å². The monoisotopic (exact) mass is 376 g/mol. The number of para-hydroxylation sites is 1. The molecule has 0 aliphatic carbocycles. The van der Waals surface area contributed by atoms with E-state index in [2.05, 4.69) is 9.97 Å². The van der Waals surface area contributed by atoms with Crippen LogP contribution in [0.15, 0.2) is 42.6 Å². The van der Waals surface area contributed by atoms with Crippen LogP contribution in [0.3, 0.4) is 0 Å². The molecule has 1 N–H and O–H groups in total. The lowest BCUT2D eigenvalue weighted by atomic mass is 10.1. The fraction of sp³-hybridized carbons (Fsp3) is 0.211. The maximum Gasteiger partial charge on any atom is 0.433 e. The first-order valence-corrected chi connectivity index (χ1v) is 8.04. The zero-order chi connectivity index (χ0) is 19.8. The van der Waals surface area contributed by atoms with Gasteiger partial charge in [-0.2, -0.15) is 13.2 Å². The summed E-state index contributed by atoms with van der Waals surface area (Å²) < 4.78 is 43.2. The molecule has 2 aromatic heterocycles. The Bertz CT molecular complexity index is 1020. The molecule has 0 fully saturated rings. The number of benzene rings is 1. The zero-order valence-electron chi connectivity index (χ0n) is 14.4. The van der Waals surface area contributed by atoms with Gasteiger partial charge in [0.1, 0.15) is 5.69 Å². The number of hydrogen-bond donors (Lipinski definition) is 1. The van der Waals surface area contributed by atoms with E-state index in [0.717, 1.165) is 11.6 Å². The first kappa shape index (κ1) is 18.6. The number of halogens is 3. The van der Waals surface area contributed by atoms with Crippen LogP contribution >= 0.6 is 0 Å². The van der Waals surface area contributed by atoms with Gasteiger partial charge in [0, 0.05) is 22.7 Å². The summed E-state index contributed by atoms with van der Waals surface area (Å²) in [5.41, 5.74) is -0.210. The van der Waals surface area contributed by atoms with Crippen LogP contribution < -0.4 is 0 Å². The van der Waals surface area contributed by atoms with Crippen LogP contribution in [-0.4, -0.2) is 27.8 Å². The van der Waals surface area contributed by atoms with Gasteiger partial charge >= 0.3 is 12.1 Å². The standard InChI is InChI=1S/C19H15F3N2O3/c1-10-12(7-8-16(24-10)19(20,21)22)18(26)27-11(2)17(25)14-9-23-15-6-4-3-5-13(14)15/h3-9,11,23H,1-2H3. The van der Waals surface area contributed by atoms with E-state index in [1.54, 1.807) is 18.2 Å². The molecule has 0 bridgehead atoms. The number of rotatable bonds is 4. The number of nitrogens with zero attached hydrogens (tertiary/aromatic N) is 1. The smallest absolute Gasteiger partial charge is 0.433 e. The Balaban J connectivity index is 1.78. The van der Waals surface area contributed by atoms with Gasteiger partial charge in [-0.15, -0.1) is 0 Å². The van der Waals surface area contributed by atoms with Crippen molar-refractivity contribution in [3.63, 3.8) is 0 Å². The summed E-state index contributed by atoms with van der Waals surface area (Å²) in [6, 6.07) is 8.86. The quantitative estimate of drug-likeness (QED) is 0.544. The summed E-state index contributed by atoms with van der Waals surface area (Å²) in [5, 5.41) is 0.692. The lowest BCUT2D eigenvalue weighted by Gasteiger charge is -2.14. The highest BCUT2D eigenvalue weighted by atomic mass is 19.4. The number of aromatic nitrogens is 2. The van der Waals surface area contributed by atoms with Gasteiger partial charge in [-0.05, 0) is 32.0 Å². The molecule has 1 atom stereocenters. The molecule has 140 valence electrons. The van der Waals surface area contributed by atoms with E-state index in [1.165, 1.54) is 20.0 Å². The Kier molecular flexibility index (Phi) is 4.73. The highest BCUT2D eigenvalue weighted by Crippen LogP contribution is 2.28. The van der Waals surface area contributed by atoms with Gasteiger partial charge in [0.25, 0.3) is 0 Å². The molecule has 5 nitrogen and oxygen atoms in total. The molecule has 1 unspecified atom stereocenters. The molecule has 1 aromatic carbocycles. The lowest BCUT2D eigenvalue weighted by Crippen LogP contribution is -2.25. The van der Waals surface area contributed by atoms with Gasteiger partial charge in [0.2, 0.25) is 5.78 Å². The fourth-order valence-corrected chi connectivity index (χ4v) is 2.71. The molecular weight excluding hydrogens is 361 g/mol. The van der Waals surface area contributed by atoms with E-state index in [1.807, 2.05) is 6.07 Å². The van der Waals surface area contributed by atoms with Crippen molar-refractivity contribution in [3.05, 3.63) is 65.1 Å². The van der Waals surface area contributed by atoms with Crippen molar-refractivity contribution >= 4 is 22.7 Å². The SMILES string of the molecule is Cc1nc(C(F)(F)F)ccc1C(=O)OC(C)C(=O)c1c[nH]c2ccccc12. The molecule has 2 heterocycles. The van der Waals surface area contributed by atoms with Crippen LogP contribution in [0.4, 0.5) is 13.2 Å². The topological polar surface area (TPSA) is 72.0 Å². The number of pyridine rings is 1. The molecule has 27 heavy (non-hydrogen) atoms. The van der Waals surface area contributed by atoms with Gasteiger partial charge in [0.05, 0.1) is 11.3 Å². The average molecular weight is 376 g/mol. The molecular formula is C19H15F3N2O3. The average Bonchev–Trinajstić information content (AvgIpc) is 3.04. The summed E-state index contributed by atoms with van der Waals surface area (Å²) in [5.74, 6) is -1.33. The van der Waals surface area contributed by atoms with Crippen molar-refractivity contribution < 1.29 is 27.5 Å². The number of hydrogen-bond acceptors (Lipinski definition) is 4. The Morgan fingerprint density at radius 2 is 1.81 bits per heavy atom. The molecule has 0 aliphatic heterocycles. The molecule has 3 aromatic rings. The third-order valence-electron chi connectivity index (χ3n) is 4.10. The Morgan fingerprint density at radius 1 is 1.11 bits per heavy atom. The molecule has 0 amide bonds. The van der Waals surface area contributed by atoms with Gasteiger partial charge < -0.3 is 9.72 Å². The molecule has 8 heteroatoms. The zero-order valence-corrected chi connectivity index (χ0v) is 14.4. The number of aryl methyl sites for hydroxylation is 1. The molecule has 3 rings (SSSR count). The van der Waals surface area contributed by atoms with Crippen molar-refractivity contribution in [3.8, 4) is 0 Å². The minimum absolute atomic E-state index is 0.124. The summed E-state index contributed by atoms with van der Waals surface area (Å²) in [6.07, 6.45) is -4.19. The van der Waals surface area contributed by atoms with E-state index in [9.17, 15) is 22.8 Å². The molecule has 0 spiro atoms. The highest BCUT2D eigenvalue weighted by Gasteiger charge is 2.33. The number of esters is 1.